The smallest absolute Gasteiger partial charge is 0.306 e. The van der Waals surface area contributed by atoms with E-state index >= 15 is 0 Å². The van der Waals surface area contributed by atoms with Gasteiger partial charge in [-0.25, -0.2) is 0 Å². The highest BCUT2D eigenvalue weighted by atomic mass is 32.2. The van der Waals surface area contributed by atoms with Crippen molar-refractivity contribution >= 4 is 35.2 Å². The van der Waals surface area contributed by atoms with Crippen LogP contribution < -0.4 is 14.8 Å². The summed E-state index contributed by atoms with van der Waals surface area (Å²) in [4.78, 5) is 45.6. The summed E-state index contributed by atoms with van der Waals surface area (Å²) < 4.78 is 16.6. The maximum absolute atomic E-state index is 12.1. The number of hydrogen-bond donors (Lipinski definition) is 1. The molecule has 9 heteroatoms. The summed E-state index contributed by atoms with van der Waals surface area (Å²) in [6, 6.07) is 14.3. The number of aldehydes is 1. The van der Waals surface area contributed by atoms with Gasteiger partial charge in [0.2, 0.25) is 5.91 Å². The minimum Gasteiger partial charge on any atom is -0.497 e. The number of thioether (sulfide) groups is 1. The Hall–Kier alpha value is -3.33. The van der Waals surface area contributed by atoms with Gasteiger partial charge in [0.1, 0.15) is 24.4 Å². The first-order chi connectivity index (χ1) is 15.5. The third-order valence-electron chi connectivity index (χ3n) is 4.72. The molecule has 168 valence electrons. The number of rotatable bonds is 11. The molecule has 1 aliphatic rings. The Balaban J connectivity index is 1.64. The maximum Gasteiger partial charge on any atom is 0.306 e. The molecule has 0 bridgehead atoms. The number of carbonyl (C=O) groups is 4. The molecule has 2 amide bonds. The van der Waals surface area contributed by atoms with Crippen LogP contribution in [-0.2, 0) is 25.5 Å². The van der Waals surface area contributed by atoms with E-state index in [0.717, 1.165) is 17.3 Å². The molecule has 8 nitrogen and oxygen atoms in total. The highest BCUT2D eigenvalue weighted by Crippen LogP contribution is 2.26. The van der Waals surface area contributed by atoms with Crippen molar-refractivity contribution in [3.63, 3.8) is 0 Å². The number of hydrogen-bond acceptors (Lipinski definition) is 8. The topological polar surface area (TPSA) is 108 Å². The number of carbonyl (C=O) groups excluding carboxylic acids is 4. The van der Waals surface area contributed by atoms with Gasteiger partial charge >= 0.3 is 5.97 Å². The second-order valence-corrected chi connectivity index (χ2v) is 8.18. The highest BCUT2D eigenvalue weighted by molar-refractivity contribution is 8.15. The summed E-state index contributed by atoms with van der Waals surface area (Å²) in [5.41, 5.74) is 1.60. The third-order valence-corrected chi connectivity index (χ3v) is 5.70. The molecule has 1 fully saturated rings. The Morgan fingerprint density at radius 1 is 1.16 bits per heavy atom. The number of ether oxygens (including phenoxy) is 3. The molecule has 1 aliphatic heterocycles. The molecule has 0 aromatic heterocycles. The number of nitrogens with one attached hydrogen (secondary N) is 1. The largest absolute Gasteiger partial charge is 0.497 e. The molecule has 0 spiro atoms. The summed E-state index contributed by atoms with van der Waals surface area (Å²) in [6.07, 6.45) is 0.504. The van der Waals surface area contributed by atoms with Gasteiger partial charge in [0.15, 0.2) is 6.10 Å². The van der Waals surface area contributed by atoms with E-state index in [-0.39, 0.29) is 30.6 Å². The van der Waals surface area contributed by atoms with E-state index in [1.165, 1.54) is 0 Å². The van der Waals surface area contributed by atoms with Crippen LogP contribution >= 0.6 is 11.8 Å². The average Bonchev–Trinajstić information content (AvgIpc) is 3.12. The lowest BCUT2D eigenvalue weighted by Gasteiger charge is -2.19. The van der Waals surface area contributed by atoms with Crippen molar-refractivity contribution < 1.29 is 33.4 Å². The predicted octanol–water partition coefficient (Wildman–Crippen LogP) is 3.23. The fourth-order valence-electron chi connectivity index (χ4n) is 3.07. The van der Waals surface area contributed by atoms with Crippen molar-refractivity contribution in [1.29, 1.82) is 0 Å². The zero-order valence-corrected chi connectivity index (χ0v) is 18.3. The molecular weight excluding hydrogens is 434 g/mol. The highest BCUT2D eigenvalue weighted by Gasteiger charge is 2.31. The normalized spacial score (nSPS) is 16.2. The Morgan fingerprint density at radius 2 is 1.94 bits per heavy atom. The van der Waals surface area contributed by atoms with E-state index < -0.39 is 17.3 Å². The molecule has 1 heterocycles. The Morgan fingerprint density at radius 3 is 2.59 bits per heavy atom. The van der Waals surface area contributed by atoms with Crippen LogP contribution in [0.2, 0.25) is 0 Å². The van der Waals surface area contributed by atoms with E-state index in [9.17, 15) is 19.2 Å². The minimum absolute atomic E-state index is 0.00603. The SMILES string of the molecule is COc1cccc([C@@H](COc2ccc(CC3SC(=O)NC3=O)cc2)OC(=O)CCC=O)c1. The number of benzene rings is 2. The van der Waals surface area contributed by atoms with Crippen LogP contribution in [0.4, 0.5) is 4.79 Å². The fraction of sp³-hybridized carbons (Fsp3) is 0.304. The predicted molar refractivity (Wildman–Crippen MR) is 118 cm³/mol. The van der Waals surface area contributed by atoms with Gasteiger partial charge in [-0.15, -0.1) is 0 Å². The first kappa shape index (κ1) is 23.3. The van der Waals surface area contributed by atoms with Gasteiger partial charge in [-0.1, -0.05) is 36.0 Å². The van der Waals surface area contributed by atoms with Crippen LogP contribution in [0.1, 0.15) is 30.1 Å². The lowest BCUT2D eigenvalue weighted by molar-refractivity contribution is -0.151. The lowest BCUT2D eigenvalue weighted by atomic mass is 10.1. The quantitative estimate of drug-likeness (QED) is 0.405. The minimum atomic E-state index is -0.687. The van der Waals surface area contributed by atoms with E-state index in [0.29, 0.717) is 29.8 Å². The molecule has 2 atom stereocenters. The Labute approximate surface area is 189 Å². The second kappa shape index (κ2) is 11.3. The van der Waals surface area contributed by atoms with E-state index in [2.05, 4.69) is 5.32 Å². The number of esters is 1. The fourth-order valence-corrected chi connectivity index (χ4v) is 3.93. The third kappa shape index (κ3) is 6.58. The molecule has 3 rings (SSSR count). The van der Waals surface area contributed by atoms with Crippen LogP contribution in [-0.4, -0.2) is 42.4 Å². The van der Waals surface area contributed by atoms with Crippen LogP contribution in [0.15, 0.2) is 48.5 Å². The van der Waals surface area contributed by atoms with Crippen molar-refractivity contribution in [2.24, 2.45) is 0 Å². The molecule has 2 aromatic carbocycles. The lowest BCUT2D eigenvalue weighted by Crippen LogP contribution is -2.25. The van der Waals surface area contributed by atoms with Gasteiger partial charge in [0.05, 0.1) is 18.8 Å². The molecule has 0 saturated carbocycles. The van der Waals surface area contributed by atoms with Gasteiger partial charge in [-0.05, 0) is 41.8 Å². The Kier molecular flexibility index (Phi) is 8.27. The van der Waals surface area contributed by atoms with Gasteiger partial charge < -0.3 is 19.0 Å². The number of amides is 2. The molecule has 2 aromatic rings. The molecule has 0 radical (unpaired) electrons. The summed E-state index contributed by atoms with van der Waals surface area (Å²) in [6.45, 7) is 0.0642. The second-order valence-electron chi connectivity index (χ2n) is 7.00. The monoisotopic (exact) mass is 457 g/mol. The maximum atomic E-state index is 12.1. The molecule has 32 heavy (non-hydrogen) atoms. The van der Waals surface area contributed by atoms with Gasteiger partial charge in [0, 0.05) is 6.42 Å². The van der Waals surface area contributed by atoms with Crippen molar-refractivity contribution in [3.05, 3.63) is 59.7 Å². The molecule has 1 N–H and O–H groups in total. The molecular formula is C23H23NO7S. The first-order valence-corrected chi connectivity index (χ1v) is 10.9. The zero-order chi connectivity index (χ0) is 22.9. The summed E-state index contributed by atoms with van der Waals surface area (Å²) in [7, 11) is 1.55. The molecule has 1 saturated heterocycles. The van der Waals surface area contributed by atoms with Crippen molar-refractivity contribution in [2.45, 2.75) is 30.6 Å². The molecule has 0 aliphatic carbocycles. The van der Waals surface area contributed by atoms with Gasteiger partial charge in [0.25, 0.3) is 5.24 Å². The number of methoxy groups -OCH3 is 1. The summed E-state index contributed by atoms with van der Waals surface area (Å²) in [5.74, 6) is 0.405. The van der Waals surface area contributed by atoms with Gasteiger partial charge in [-0.3, -0.25) is 19.7 Å². The van der Waals surface area contributed by atoms with Crippen LogP contribution in [0.25, 0.3) is 0 Å². The van der Waals surface area contributed by atoms with E-state index in [1.807, 2.05) is 12.1 Å². The molecule has 1 unspecified atom stereocenters. The summed E-state index contributed by atoms with van der Waals surface area (Å²) >= 11 is 0.987. The van der Waals surface area contributed by atoms with E-state index in [1.54, 1.807) is 43.5 Å². The van der Waals surface area contributed by atoms with Crippen LogP contribution in [0, 0.1) is 0 Å². The van der Waals surface area contributed by atoms with Crippen molar-refractivity contribution in [1.82, 2.24) is 5.32 Å². The van der Waals surface area contributed by atoms with Crippen molar-refractivity contribution in [3.8, 4) is 11.5 Å². The average molecular weight is 458 g/mol. The van der Waals surface area contributed by atoms with Crippen molar-refractivity contribution in [2.75, 3.05) is 13.7 Å². The zero-order valence-electron chi connectivity index (χ0n) is 17.4. The first-order valence-electron chi connectivity index (χ1n) is 9.98. The summed E-state index contributed by atoms with van der Waals surface area (Å²) in [5, 5.41) is 1.51. The van der Waals surface area contributed by atoms with E-state index in [4.69, 9.17) is 14.2 Å². The standard InChI is InChI=1S/C23H23NO7S/c1-29-18-5-2-4-16(13-18)19(31-21(26)6-3-11-25)14-30-17-9-7-15(8-10-17)12-20-22(27)24-23(28)32-20/h2,4-5,7-11,13,19-20H,3,6,12,14H2,1H3,(H,24,27,28)/t19-,20?/m1/s1. The van der Waals surface area contributed by atoms with Gasteiger partial charge in [-0.2, -0.15) is 0 Å². The number of imide groups is 1. The van der Waals surface area contributed by atoms with Crippen LogP contribution in [0.3, 0.4) is 0 Å². The Bertz CT molecular complexity index is 977. The van der Waals surface area contributed by atoms with Crippen LogP contribution in [0.5, 0.6) is 11.5 Å².